The molecule has 1 amide bonds. The summed E-state index contributed by atoms with van der Waals surface area (Å²) in [5, 5.41) is 2.89. The predicted molar refractivity (Wildman–Crippen MR) is 118 cm³/mol. The molecule has 0 aliphatic carbocycles. The summed E-state index contributed by atoms with van der Waals surface area (Å²) in [6.45, 7) is 4.69. The van der Waals surface area contributed by atoms with Crippen LogP contribution in [0, 0.1) is 11.6 Å². The number of piperazine rings is 1. The Hall–Kier alpha value is -3.25. The van der Waals surface area contributed by atoms with E-state index in [2.05, 4.69) is 15.1 Å². The fourth-order valence-corrected chi connectivity index (χ4v) is 3.77. The van der Waals surface area contributed by atoms with Gasteiger partial charge in [0.1, 0.15) is 11.6 Å². The van der Waals surface area contributed by atoms with Gasteiger partial charge in [-0.25, -0.2) is 8.78 Å². The maximum Gasteiger partial charge on any atom is 0.251 e. The Morgan fingerprint density at radius 1 is 0.806 bits per heavy atom. The minimum Gasteiger partial charge on any atom is -0.369 e. The highest BCUT2D eigenvalue weighted by molar-refractivity contribution is 5.94. The lowest BCUT2D eigenvalue weighted by Crippen LogP contribution is -2.46. The molecule has 1 fully saturated rings. The van der Waals surface area contributed by atoms with E-state index < -0.39 is 0 Å². The first-order valence-electron chi connectivity index (χ1n) is 10.4. The van der Waals surface area contributed by atoms with E-state index in [0.717, 1.165) is 49.5 Å². The van der Waals surface area contributed by atoms with Crippen LogP contribution in [0.4, 0.5) is 14.5 Å². The van der Waals surface area contributed by atoms with E-state index in [1.54, 1.807) is 18.2 Å². The number of nitrogens with zero attached hydrogens (tertiary/aromatic N) is 2. The molecule has 1 aliphatic heterocycles. The molecule has 4 nitrogen and oxygen atoms in total. The lowest BCUT2D eigenvalue weighted by atomic mass is 10.1. The first-order valence-corrected chi connectivity index (χ1v) is 10.4. The van der Waals surface area contributed by atoms with Crippen LogP contribution >= 0.6 is 0 Å². The molecule has 0 radical (unpaired) electrons. The van der Waals surface area contributed by atoms with Crippen LogP contribution in [-0.2, 0) is 13.1 Å². The Bertz CT molecular complexity index is 1010. The molecule has 4 rings (SSSR count). The maximum absolute atomic E-state index is 13.1. The summed E-state index contributed by atoms with van der Waals surface area (Å²) in [6.07, 6.45) is 0. The van der Waals surface area contributed by atoms with Gasteiger partial charge in [-0.2, -0.15) is 0 Å². The fourth-order valence-electron chi connectivity index (χ4n) is 3.77. The van der Waals surface area contributed by atoms with Crippen molar-refractivity contribution < 1.29 is 13.6 Å². The largest absolute Gasteiger partial charge is 0.369 e. The van der Waals surface area contributed by atoms with Crippen molar-refractivity contribution in [3.8, 4) is 0 Å². The smallest absolute Gasteiger partial charge is 0.251 e. The summed E-state index contributed by atoms with van der Waals surface area (Å²) in [4.78, 5) is 17.1. The number of rotatable bonds is 6. The number of amides is 1. The molecule has 31 heavy (non-hydrogen) atoms. The maximum atomic E-state index is 13.1. The quantitative estimate of drug-likeness (QED) is 0.648. The SMILES string of the molecule is O=C(NCc1ccc(F)cc1)c1cccc(CN2CCN(c3ccc(F)cc3)CC2)c1. The van der Waals surface area contributed by atoms with E-state index in [-0.39, 0.29) is 17.5 Å². The molecular weight excluding hydrogens is 396 g/mol. The number of benzene rings is 3. The van der Waals surface area contributed by atoms with Crippen LogP contribution in [0.5, 0.6) is 0 Å². The van der Waals surface area contributed by atoms with Gasteiger partial charge in [-0.1, -0.05) is 24.3 Å². The Morgan fingerprint density at radius 2 is 1.45 bits per heavy atom. The molecule has 1 saturated heterocycles. The summed E-state index contributed by atoms with van der Waals surface area (Å²) in [5.41, 5.74) is 3.60. The van der Waals surface area contributed by atoms with Crippen LogP contribution in [-0.4, -0.2) is 37.0 Å². The molecule has 0 atom stereocenters. The van der Waals surface area contributed by atoms with Crippen molar-refractivity contribution in [2.45, 2.75) is 13.1 Å². The first-order chi connectivity index (χ1) is 15.1. The normalized spacial score (nSPS) is 14.5. The minimum absolute atomic E-state index is 0.146. The van der Waals surface area contributed by atoms with Crippen molar-refractivity contribution in [1.82, 2.24) is 10.2 Å². The third kappa shape index (κ3) is 5.67. The van der Waals surface area contributed by atoms with Crippen molar-refractivity contribution in [3.63, 3.8) is 0 Å². The van der Waals surface area contributed by atoms with Crippen LogP contribution in [0.15, 0.2) is 72.8 Å². The monoisotopic (exact) mass is 421 g/mol. The van der Waals surface area contributed by atoms with Gasteiger partial charge in [0.05, 0.1) is 0 Å². The number of carbonyl (C=O) groups is 1. The molecule has 3 aromatic rings. The molecule has 1 aliphatic rings. The highest BCUT2D eigenvalue weighted by atomic mass is 19.1. The number of hydrogen-bond acceptors (Lipinski definition) is 3. The zero-order valence-corrected chi connectivity index (χ0v) is 17.2. The summed E-state index contributed by atoms with van der Waals surface area (Å²) in [5.74, 6) is -0.655. The van der Waals surface area contributed by atoms with E-state index in [1.165, 1.54) is 24.3 Å². The third-order valence-electron chi connectivity index (χ3n) is 5.53. The molecule has 160 valence electrons. The van der Waals surface area contributed by atoms with E-state index in [4.69, 9.17) is 0 Å². The lowest BCUT2D eigenvalue weighted by Gasteiger charge is -2.36. The highest BCUT2D eigenvalue weighted by Crippen LogP contribution is 2.18. The van der Waals surface area contributed by atoms with Gasteiger partial charge in [-0.05, 0) is 59.7 Å². The van der Waals surface area contributed by atoms with Crippen LogP contribution in [0.1, 0.15) is 21.5 Å². The molecule has 1 N–H and O–H groups in total. The second kappa shape index (κ2) is 9.71. The Kier molecular flexibility index (Phi) is 6.57. The second-order valence-corrected chi connectivity index (χ2v) is 7.75. The molecule has 0 spiro atoms. The number of hydrogen-bond donors (Lipinski definition) is 1. The fraction of sp³-hybridized carbons (Fsp3) is 0.240. The van der Waals surface area contributed by atoms with Gasteiger partial charge in [0, 0.05) is 50.5 Å². The molecular formula is C25H25F2N3O. The molecule has 0 saturated carbocycles. The minimum atomic E-state index is -0.290. The van der Waals surface area contributed by atoms with E-state index in [9.17, 15) is 13.6 Å². The first kappa shape index (κ1) is 21.0. The van der Waals surface area contributed by atoms with E-state index >= 15 is 0 Å². The van der Waals surface area contributed by atoms with Gasteiger partial charge in [-0.15, -0.1) is 0 Å². The zero-order valence-electron chi connectivity index (χ0n) is 17.2. The average Bonchev–Trinajstić information content (AvgIpc) is 2.80. The Balaban J connectivity index is 1.29. The summed E-state index contributed by atoms with van der Waals surface area (Å²) >= 11 is 0. The van der Waals surface area contributed by atoms with Gasteiger partial charge in [0.25, 0.3) is 5.91 Å². The molecule has 0 bridgehead atoms. The molecule has 3 aromatic carbocycles. The molecule has 0 aromatic heterocycles. The van der Waals surface area contributed by atoms with Crippen molar-refractivity contribution in [2.24, 2.45) is 0 Å². The van der Waals surface area contributed by atoms with Crippen LogP contribution < -0.4 is 10.2 Å². The van der Waals surface area contributed by atoms with Gasteiger partial charge in [0.15, 0.2) is 0 Å². The van der Waals surface area contributed by atoms with Gasteiger partial charge < -0.3 is 10.2 Å². The second-order valence-electron chi connectivity index (χ2n) is 7.75. The predicted octanol–water partition coefficient (Wildman–Crippen LogP) is 4.22. The highest BCUT2D eigenvalue weighted by Gasteiger charge is 2.18. The van der Waals surface area contributed by atoms with Crippen LogP contribution in [0.3, 0.4) is 0 Å². The lowest BCUT2D eigenvalue weighted by molar-refractivity contribution is 0.0950. The number of anilines is 1. The third-order valence-corrected chi connectivity index (χ3v) is 5.53. The van der Waals surface area contributed by atoms with Crippen LogP contribution in [0.25, 0.3) is 0 Å². The van der Waals surface area contributed by atoms with Crippen LogP contribution in [0.2, 0.25) is 0 Å². The van der Waals surface area contributed by atoms with E-state index in [1.807, 2.05) is 30.3 Å². The van der Waals surface area contributed by atoms with E-state index in [0.29, 0.717) is 12.1 Å². The number of halogens is 2. The summed E-state index contributed by atoms with van der Waals surface area (Å²) in [7, 11) is 0. The van der Waals surface area contributed by atoms with Crippen molar-refractivity contribution in [1.29, 1.82) is 0 Å². The van der Waals surface area contributed by atoms with Gasteiger partial charge >= 0.3 is 0 Å². The Labute approximate surface area is 181 Å². The number of carbonyl (C=O) groups excluding carboxylic acids is 1. The van der Waals surface area contributed by atoms with Crippen molar-refractivity contribution in [2.75, 3.05) is 31.1 Å². The number of nitrogens with one attached hydrogen (secondary N) is 1. The van der Waals surface area contributed by atoms with Crippen molar-refractivity contribution in [3.05, 3.63) is 101 Å². The Morgan fingerprint density at radius 3 is 2.13 bits per heavy atom. The summed E-state index contributed by atoms with van der Waals surface area (Å²) in [6, 6.07) is 20.4. The standard InChI is InChI=1S/C25H25F2N3O/c26-22-6-4-19(5-7-22)17-28-25(31)21-3-1-2-20(16-21)18-29-12-14-30(15-13-29)24-10-8-23(27)9-11-24/h1-11,16H,12-15,17-18H2,(H,28,31). The zero-order chi connectivity index (χ0) is 21.6. The van der Waals surface area contributed by atoms with Gasteiger partial charge in [-0.3, -0.25) is 9.69 Å². The topological polar surface area (TPSA) is 35.6 Å². The van der Waals surface area contributed by atoms with Crippen molar-refractivity contribution >= 4 is 11.6 Å². The van der Waals surface area contributed by atoms with Gasteiger partial charge in [0.2, 0.25) is 0 Å². The summed E-state index contributed by atoms with van der Waals surface area (Å²) < 4.78 is 26.1. The molecule has 6 heteroatoms. The average molecular weight is 421 g/mol. The molecule has 1 heterocycles. The molecule has 0 unspecified atom stereocenters.